The topological polar surface area (TPSA) is 55.6 Å². The summed E-state index contributed by atoms with van der Waals surface area (Å²) >= 11 is 0. The monoisotopic (exact) mass is 212 g/mol. The third-order valence-electron chi connectivity index (χ3n) is 3.60. The van der Waals surface area contributed by atoms with Gasteiger partial charge in [-0.3, -0.25) is 4.79 Å². The summed E-state index contributed by atoms with van der Waals surface area (Å²) in [7, 11) is 0. The minimum Gasteiger partial charge on any atom is -0.378 e. The lowest BCUT2D eigenvalue weighted by Gasteiger charge is -2.30. The zero-order valence-electron chi connectivity index (χ0n) is 9.15. The van der Waals surface area contributed by atoms with Gasteiger partial charge in [-0.25, -0.2) is 0 Å². The van der Waals surface area contributed by atoms with Crippen molar-refractivity contribution in [3.63, 3.8) is 0 Å². The summed E-state index contributed by atoms with van der Waals surface area (Å²) < 4.78 is 5.25. The molecule has 1 saturated heterocycles. The second-order valence-electron chi connectivity index (χ2n) is 4.47. The lowest BCUT2D eigenvalue weighted by molar-refractivity contribution is -0.140. The summed E-state index contributed by atoms with van der Waals surface area (Å²) in [6, 6.07) is 0. The third kappa shape index (κ3) is 2.32. The Balaban J connectivity index is 1.93. The van der Waals surface area contributed by atoms with Crippen LogP contribution < -0.4 is 5.73 Å². The van der Waals surface area contributed by atoms with E-state index in [0.717, 1.165) is 32.4 Å². The molecule has 0 aromatic carbocycles. The molecule has 2 rings (SSSR count). The number of hydrogen-bond acceptors (Lipinski definition) is 3. The van der Waals surface area contributed by atoms with Gasteiger partial charge in [0.05, 0.1) is 13.2 Å². The molecule has 2 N–H and O–H groups in total. The molecule has 2 unspecified atom stereocenters. The van der Waals surface area contributed by atoms with Crippen LogP contribution >= 0.6 is 0 Å². The van der Waals surface area contributed by atoms with Crippen LogP contribution in [0, 0.1) is 11.8 Å². The molecule has 2 atom stereocenters. The number of morpholine rings is 1. The molecule has 1 amide bonds. The van der Waals surface area contributed by atoms with Gasteiger partial charge in [-0.05, 0) is 25.3 Å². The Morgan fingerprint density at radius 2 is 2.07 bits per heavy atom. The van der Waals surface area contributed by atoms with Crippen LogP contribution in [0.3, 0.4) is 0 Å². The van der Waals surface area contributed by atoms with E-state index in [1.807, 2.05) is 4.90 Å². The maximum atomic E-state index is 12.2. The quantitative estimate of drug-likeness (QED) is 0.712. The molecule has 0 aromatic rings. The van der Waals surface area contributed by atoms with Gasteiger partial charge in [0.25, 0.3) is 0 Å². The minimum absolute atomic E-state index is 0.188. The number of carbonyl (C=O) groups excluding carboxylic acids is 1. The van der Waals surface area contributed by atoms with E-state index >= 15 is 0 Å². The molecule has 0 aromatic heterocycles. The number of ether oxygens (including phenoxy) is 1. The summed E-state index contributed by atoms with van der Waals surface area (Å²) in [6.45, 7) is 3.54. The zero-order valence-corrected chi connectivity index (χ0v) is 9.15. The van der Waals surface area contributed by atoms with E-state index in [1.54, 1.807) is 0 Å². The first-order valence-corrected chi connectivity index (χ1v) is 5.89. The molecular weight excluding hydrogens is 192 g/mol. The Labute approximate surface area is 90.8 Å². The summed E-state index contributed by atoms with van der Waals surface area (Å²) in [5, 5.41) is 0. The van der Waals surface area contributed by atoms with Crippen molar-refractivity contribution < 1.29 is 9.53 Å². The SMILES string of the molecule is NCC1CCCC1C(=O)N1CCOCC1. The Morgan fingerprint density at radius 1 is 1.33 bits per heavy atom. The normalized spacial score (nSPS) is 31.9. The molecule has 1 aliphatic heterocycles. The van der Waals surface area contributed by atoms with Crippen molar-refractivity contribution in [2.24, 2.45) is 17.6 Å². The lowest BCUT2D eigenvalue weighted by atomic mass is 9.94. The van der Waals surface area contributed by atoms with Crippen LogP contribution in [0.25, 0.3) is 0 Å². The van der Waals surface area contributed by atoms with Crippen LogP contribution in [0.5, 0.6) is 0 Å². The Morgan fingerprint density at radius 3 is 2.73 bits per heavy atom. The van der Waals surface area contributed by atoms with Crippen molar-refractivity contribution in [1.29, 1.82) is 0 Å². The first-order valence-electron chi connectivity index (χ1n) is 5.89. The van der Waals surface area contributed by atoms with Gasteiger partial charge in [0.15, 0.2) is 0 Å². The number of nitrogens with two attached hydrogens (primary N) is 1. The molecule has 0 radical (unpaired) electrons. The fourth-order valence-electron chi connectivity index (χ4n) is 2.66. The Kier molecular flexibility index (Phi) is 3.59. The van der Waals surface area contributed by atoms with Crippen molar-refractivity contribution in [3.8, 4) is 0 Å². The molecule has 0 spiro atoms. The number of amides is 1. The van der Waals surface area contributed by atoms with Gasteiger partial charge >= 0.3 is 0 Å². The van der Waals surface area contributed by atoms with E-state index in [1.165, 1.54) is 0 Å². The van der Waals surface area contributed by atoms with Crippen LogP contribution in [0.1, 0.15) is 19.3 Å². The highest BCUT2D eigenvalue weighted by Crippen LogP contribution is 2.32. The molecule has 15 heavy (non-hydrogen) atoms. The van der Waals surface area contributed by atoms with E-state index in [4.69, 9.17) is 10.5 Å². The first-order chi connectivity index (χ1) is 7.33. The molecule has 86 valence electrons. The van der Waals surface area contributed by atoms with E-state index in [9.17, 15) is 4.79 Å². The zero-order chi connectivity index (χ0) is 10.7. The number of nitrogens with zero attached hydrogens (tertiary/aromatic N) is 1. The maximum absolute atomic E-state index is 12.2. The predicted molar refractivity (Wildman–Crippen MR) is 57.3 cm³/mol. The molecule has 0 bridgehead atoms. The number of hydrogen-bond donors (Lipinski definition) is 1. The highest BCUT2D eigenvalue weighted by Gasteiger charge is 2.34. The van der Waals surface area contributed by atoms with Gasteiger partial charge in [0.1, 0.15) is 0 Å². The van der Waals surface area contributed by atoms with Crippen molar-refractivity contribution >= 4 is 5.91 Å². The van der Waals surface area contributed by atoms with Gasteiger partial charge < -0.3 is 15.4 Å². The summed E-state index contributed by atoms with van der Waals surface area (Å²) in [6.07, 6.45) is 3.30. The predicted octanol–water partition coefficient (Wildman–Crippen LogP) is 0.220. The highest BCUT2D eigenvalue weighted by molar-refractivity contribution is 5.79. The van der Waals surface area contributed by atoms with E-state index in [2.05, 4.69) is 0 Å². The Hall–Kier alpha value is -0.610. The average Bonchev–Trinajstić information content (AvgIpc) is 2.77. The van der Waals surface area contributed by atoms with Crippen LogP contribution in [0.4, 0.5) is 0 Å². The fraction of sp³-hybridized carbons (Fsp3) is 0.909. The number of rotatable bonds is 2. The van der Waals surface area contributed by atoms with Gasteiger partial charge in [0, 0.05) is 19.0 Å². The fourth-order valence-corrected chi connectivity index (χ4v) is 2.66. The van der Waals surface area contributed by atoms with Gasteiger partial charge in [-0.1, -0.05) is 6.42 Å². The molecule has 2 fully saturated rings. The molecule has 2 aliphatic rings. The third-order valence-corrected chi connectivity index (χ3v) is 3.60. The van der Waals surface area contributed by atoms with Crippen molar-refractivity contribution in [1.82, 2.24) is 4.90 Å². The smallest absolute Gasteiger partial charge is 0.226 e. The van der Waals surface area contributed by atoms with Gasteiger partial charge in [0.2, 0.25) is 5.91 Å². The standard InChI is InChI=1S/C11H20N2O2/c12-8-9-2-1-3-10(9)11(14)13-4-6-15-7-5-13/h9-10H,1-8,12H2. The van der Waals surface area contributed by atoms with Crippen LogP contribution in [0.15, 0.2) is 0 Å². The highest BCUT2D eigenvalue weighted by atomic mass is 16.5. The van der Waals surface area contributed by atoms with Crippen LogP contribution in [-0.4, -0.2) is 43.7 Å². The molecule has 1 heterocycles. The Bertz CT molecular complexity index is 227. The van der Waals surface area contributed by atoms with E-state index in [-0.39, 0.29) is 5.92 Å². The molecule has 1 saturated carbocycles. The lowest BCUT2D eigenvalue weighted by Crippen LogP contribution is -2.45. The minimum atomic E-state index is 0.188. The van der Waals surface area contributed by atoms with Gasteiger partial charge in [-0.15, -0.1) is 0 Å². The summed E-state index contributed by atoms with van der Waals surface area (Å²) in [5.41, 5.74) is 5.70. The molecule has 4 nitrogen and oxygen atoms in total. The van der Waals surface area contributed by atoms with E-state index in [0.29, 0.717) is 31.6 Å². The number of carbonyl (C=O) groups is 1. The molecular formula is C11H20N2O2. The average molecular weight is 212 g/mol. The summed E-state index contributed by atoms with van der Waals surface area (Å²) in [4.78, 5) is 14.1. The van der Waals surface area contributed by atoms with Crippen molar-refractivity contribution in [3.05, 3.63) is 0 Å². The largest absolute Gasteiger partial charge is 0.378 e. The molecule has 4 heteroatoms. The van der Waals surface area contributed by atoms with Crippen LogP contribution in [-0.2, 0) is 9.53 Å². The van der Waals surface area contributed by atoms with Crippen molar-refractivity contribution in [2.45, 2.75) is 19.3 Å². The maximum Gasteiger partial charge on any atom is 0.226 e. The second kappa shape index (κ2) is 4.94. The van der Waals surface area contributed by atoms with E-state index < -0.39 is 0 Å². The molecule has 1 aliphatic carbocycles. The summed E-state index contributed by atoms with van der Waals surface area (Å²) in [5.74, 6) is 0.916. The first kappa shape index (κ1) is 10.9. The van der Waals surface area contributed by atoms with Gasteiger partial charge in [-0.2, -0.15) is 0 Å². The second-order valence-corrected chi connectivity index (χ2v) is 4.47. The van der Waals surface area contributed by atoms with Crippen LogP contribution in [0.2, 0.25) is 0 Å². The van der Waals surface area contributed by atoms with Crippen molar-refractivity contribution in [2.75, 3.05) is 32.8 Å².